The summed E-state index contributed by atoms with van der Waals surface area (Å²) in [4.78, 5) is 22.2. The van der Waals surface area contributed by atoms with Gasteiger partial charge in [-0.1, -0.05) is 0 Å². The number of primary amides is 1. The normalized spacial score (nSPS) is 11.1. The van der Waals surface area contributed by atoms with Gasteiger partial charge in [-0.15, -0.1) is 0 Å². The molecule has 0 unspecified atom stereocenters. The van der Waals surface area contributed by atoms with Crippen LogP contribution in [0.4, 0.5) is 0 Å². The molecule has 20 heavy (non-hydrogen) atoms. The average molecular weight is 273 g/mol. The van der Waals surface area contributed by atoms with Crippen LogP contribution in [-0.2, 0) is 4.79 Å². The van der Waals surface area contributed by atoms with Crippen LogP contribution in [0.3, 0.4) is 0 Å². The maximum absolute atomic E-state index is 11.4. The molecule has 2 N–H and O–H groups in total. The molecule has 2 aromatic heterocycles. The maximum atomic E-state index is 11.4. The highest BCUT2D eigenvalue weighted by Gasteiger charge is 2.16. The highest BCUT2D eigenvalue weighted by Crippen LogP contribution is 2.35. The zero-order valence-electron chi connectivity index (χ0n) is 10.6. The van der Waals surface area contributed by atoms with Gasteiger partial charge in [-0.2, -0.15) is 0 Å². The fourth-order valence-corrected chi connectivity index (χ4v) is 2.11. The van der Waals surface area contributed by atoms with Gasteiger partial charge >= 0.3 is 5.63 Å². The number of hydrogen-bond donors (Lipinski definition) is 1. The van der Waals surface area contributed by atoms with Crippen molar-refractivity contribution >= 4 is 27.8 Å². The molecule has 0 spiro atoms. The number of nitrogens with two attached hydrogens (primary N) is 1. The third-order valence-electron chi connectivity index (χ3n) is 2.95. The van der Waals surface area contributed by atoms with Gasteiger partial charge in [0.25, 0.3) is 5.91 Å². The Morgan fingerprint density at radius 2 is 2.15 bits per heavy atom. The van der Waals surface area contributed by atoms with E-state index in [1.165, 1.54) is 12.3 Å². The highest BCUT2D eigenvalue weighted by molar-refractivity contribution is 6.06. The monoisotopic (exact) mass is 273 g/mol. The summed E-state index contributed by atoms with van der Waals surface area (Å²) in [6.45, 7) is 1.58. The first kappa shape index (κ1) is 12.3. The molecule has 0 atom stereocenters. The standard InChI is InChI=1S/C14H11NO5/c1-7-5-19-14-9(18-6-10(15)16)4-8-2-3-11(17)20-13(8)12(7)14/h2-5H,6H2,1H3,(H2,15,16). The second-order valence-corrected chi connectivity index (χ2v) is 4.43. The van der Waals surface area contributed by atoms with E-state index in [2.05, 4.69) is 0 Å². The minimum atomic E-state index is -0.582. The quantitative estimate of drug-likeness (QED) is 0.733. The van der Waals surface area contributed by atoms with Crippen LogP contribution >= 0.6 is 0 Å². The second kappa shape index (κ2) is 4.41. The summed E-state index contributed by atoms with van der Waals surface area (Å²) < 4.78 is 16.0. The van der Waals surface area contributed by atoms with E-state index >= 15 is 0 Å². The Hall–Kier alpha value is -2.76. The van der Waals surface area contributed by atoms with Gasteiger partial charge in [-0.3, -0.25) is 4.79 Å². The number of carbonyl (C=O) groups is 1. The van der Waals surface area contributed by atoms with Gasteiger partial charge in [0.2, 0.25) is 0 Å². The van der Waals surface area contributed by atoms with E-state index in [4.69, 9.17) is 19.3 Å². The maximum Gasteiger partial charge on any atom is 0.336 e. The van der Waals surface area contributed by atoms with Crippen molar-refractivity contribution in [2.75, 3.05) is 6.61 Å². The van der Waals surface area contributed by atoms with Gasteiger partial charge in [0.05, 0.1) is 11.6 Å². The Morgan fingerprint density at radius 3 is 2.90 bits per heavy atom. The van der Waals surface area contributed by atoms with Crippen LogP contribution < -0.4 is 16.1 Å². The molecule has 0 saturated heterocycles. The van der Waals surface area contributed by atoms with Crippen molar-refractivity contribution in [1.82, 2.24) is 0 Å². The summed E-state index contributed by atoms with van der Waals surface area (Å²) in [5.41, 5.74) is 6.29. The molecule has 6 heteroatoms. The second-order valence-electron chi connectivity index (χ2n) is 4.43. The number of furan rings is 1. The third-order valence-corrected chi connectivity index (χ3v) is 2.95. The lowest BCUT2D eigenvalue weighted by molar-refractivity contribution is -0.119. The number of hydrogen-bond acceptors (Lipinski definition) is 5. The zero-order valence-corrected chi connectivity index (χ0v) is 10.6. The Labute approximate surface area is 112 Å². The Balaban J connectivity index is 2.32. The predicted octanol–water partition coefficient (Wildman–Crippen LogP) is 1.71. The molecule has 1 amide bonds. The number of rotatable bonds is 3. The Kier molecular flexibility index (Phi) is 2.71. The molecule has 0 aliphatic heterocycles. The molecule has 0 radical (unpaired) electrons. The molecule has 0 saturated carbocycles. The number of amides is 1. The van der Waals surface area contributed by atoms with Gasteiger partial charge in [-0.25, -0.2) is 4.79 Å². The van der Waals surface area contributed by atoms with Crippen LogP contribution in [0.5, 0.6) is 5.75 Å². The first-order valence-corrected chi connectivity index (χ1v) is 5.92. The molecule has 0 aliphatic carbocycles. The summed E-state index contributed by atoms with van der Waals surface area (Å²) in [6.07, 6.45) is 1.54. The first-order valence-electron chi connectivity index (χ1n) is 5.92. The van der Waals surface area contributed by atoms with Crippen LogP contribution in [0, 0.1) is 6.92 Å². The topological polar surface area (TPSA) is 95.7 Å². The van der Waals surface area contributed by atoms with E-state index in [0.29, 0.717) is 27.7 Å². The molecular weight excluding hydrogens is 262 g/mol. The van der Waals surface area contributed by atoms with Crippen molar-refractivity contribution in [1.29, 1.82) is 0 Å². The summed E-state index contributed by atoms with van der Waals surface area (Å²) >= 11 is 0. The van der Waals surface area contributed by atoms with E-state index < -0.39 is 11.5 Å². The molecule has 3 rings (SSSR count). The van der Waals surface area contributed by atoms with Crippen LogP contribution in [0.1, 0.15) is 5.56 Å². The van der Waals surface area contributed by atoms with Crippen molar-refractivity contribution in [3.05, 3.63) is 40.4 Å². The van der Waals surface area contributed by atoms with Gasteiger partial charge in [0.1, 0.15) is 5.58 Å². The van der Waals surface area contributed by atoms with Crippen LogP contribution in [0.2, 0.25) is 0 Å². The van der Waals surface area contributed by atoms with Crippen molar-refractivity contribution < 1.29 is 18.4 Å². The first-order chi connectivity index (χ1) is 9.56. The number of fused-ring (bicyclic) bond motifs is 3. The SMILES string of the molecule is Cc1coc2c(OCC(N)=O)cc3ccc(=O)oc3c12. The fraction of sp³-hybridized carbons (Fsp3) is 0.143. The summed E-state index contributed by atoms with van der Waals surface area (Å²) in [5.74, 6) is -0.200. The van der Waals surface area contributed by atoms with Crippen molar-refractivity contribution in [3.8, 4) is 5.75 Å². The number of ether oxygens (including phenoxy) is 1. The predicted molar refractivity (Wildman–Crippen MR) is 71.7 cm³/mol. The molecule has 2 heterocycles. The highest BCUT2D eigenvalue weighted by atomic mass is 16.5. The number of aryl methyl sites for hydroxylation is 1. The molecule has 0 bridgehead atoms. The van der Waals surface area contributed by atoms with E-state index in [1.54, 1.807) is 12.1 Å². The number of carbonyl (C=O) groups excluding carboxylic acids is 1. The zero-order chi connectivity index (χ0) is 14.3. The molecule has 0 fully saturated rings. The minimum Gasteiger partial charge on any atom is -0.480 e. The molecule has 102 valence electrons. The molecule has 3 aromatic rings. The Morgan fingerprint density at radius 1 is 1.35 bits per heavy atom. The third kappa shape index (κ3) is 1.91. The lowest BCUT2D eigenvalue weighted by atomic mass is 10.1. The van der Waals surface area contributed by atoms with Crippen molar-refractivity contribution in [2.24, 2.45) is 5.73 Å². The summed E-state index contributed by atoms with van der Waals surface area (Å²) in [7, 11) is 0. The van der Waals surface area contributed by atoms with Gasteiger partial charge < -0.3 is 19.3 Å². The largest absolute Gasteiger partial charge is 0.480 e. The summed E-state index contributed by atoms with van der Waals surface area (Å²) in [5, 5.41) is 1.33. The number of benzene rings is 1. The lowest BCUT2D eigenvalue weighted by Gasteiger charge is -2.06. The lowest BCUT2D eigenvalue weighted by Crippen LogP contribution is -2.20. The molecular formula is C14H11NO5. The molecule has 0 aliphatic rings. The van der Waals surface area contributed by atoms with Crippen molar-refractivity contribution in [2.45, 2.75) is 6.92 Å². The smallest absolute Gasteiger partial charge is 0.336 e. The summed E-state index contributed by atoms with van der Waals surface area (Å²) in [6, 6.07) is 4.60. The van der Waals surface area contributed by atoms with Gasteiger partial charge in [0.15, 0.2) is 17.9 Å². The van der Waals surface area contributed by atoms with Crippen LogP contribution in [0.25, 0.3) is 21.9 Å². The molecule has 1 aromatic carbocycles. The van der Waals surface area contributed by atoms with E-state index in [-0.39, 0.29) is 6.61 Å². The van der Waals surface area contributed by atoms with Crippen LogP contribution in [-0.4, -0.2) is 12.5 Å². The van der Waals surface area contributed by atoms with Crippen LogP contribution in [0.15, 0.2) is 38.1 Å². The van der Waals surface area contributed by atoms with Crippen molar-refractivity contribution in [3.63, 3.8) is 0 Å². The van der Waals surface area contributed by atoms with Gasteiger partial charge in [0, 0.05) is 11.5 Å². The van der Waals surface area contributed by atoms with E-state index in [0.717, 1.165) is 5.56 Å². The average Bonchev–Trinajstić information content (AvgIpc) is 2.79. The Bertz CT molecular complexity index is 874. The van der Waals surface area contributed by atoms with E-state index in [9.17, 15) is 9.59 Å². The fourth-order valence-electron chi connectivity index (χ4n) is 2.11. The molecule has 6 nitrogen and oxygen atoms in total. The van der Waals surface area contributed by atoms with Gasteiger partial charge in [-0.05, 0) is 24.6 Å². The van der Waals surface area contributed by atoms with E-state index in [1.807, 2.05) is 6.92 Å². The minimum absolute atomic E-state index is 0.253.